The number of carbonyl (C=O) groups is 1. The average Bonchev–Trinajstić information content (AvgIpc) is 1.77. The number of hydrogen-bond acceptors (Lipinski definition) is 2. The first-order valence-electron chi connectivity index (χ1n) is 3.92. The molecule has 64 valence electrons. The summed E-state index contributed by atoms with van der Waals surface area (Å²) in [6.07, 6.45) is 0. The highest BCUT2D eigenvalue weighted by Crippen LogP contribution is 1.97. The van der Waals surface area contributed by atoms with Gasteiger partial charge in [-0.05, 0) is 0 Å². The summed E-state index contributed by atoms with van der Waals surface area (Å²) in [5.74, 6) is -0.0240. The molecule has 1 fully saturated rings. The fourth-order valence-electron chi connectivity index (χ4n) is 1.32. The van der Waals surface area contributed by atoms with E-state index >= 15 is 0 Å². The summed E-state index contributed by atoms with van der Waals surface area (Å²) < 4.78 is 0. The minimum Gasteiger partial charge on any atom is -0.477 e. The van der Waals surface area contributed by atoms with E-state index in [4.69, 9.17) is 5.11 Å². The molecule has 1 heterocycles. The third kappa shape index (κ3) is 2.86. The predicted molar refractivity (Wildman–Crippen MR) is 40.6 cm³/mol. The average molecular weight is 159 g/mol. The van der Waals surface area contributed by atoms with Crippen LogP contribution < -0.4 is 10.2 Å². The molecule has 0 radical (unpaired) electrons. The maximum atomic E-state index is 10.3. The van der Waals surface area contributed by atoms with E-state index in [1.165, 1.54) is 0 Å². The maximum absolute atomic E-state index is 10.3. The summed E-state index contributed by atoms with van der Waals surface area (Å²) >= 11 is 0. The first-order chi connectivity index (χ1) is 5.18. The number of nitrogens with one attached hydrogen (secondary N) is 2. The molecular weight excluding hydrogens is 144 g/mol. The number of carboxylic acid groups (broad SMARTS) is 1. The lowest BCUT2D eigenvalue weighted by molar-refractivity contribution is -0.875. The second-order valence-corrected chi connectivity index (χ2v) is 3.26. The van der Waals surface area contributed by atoms with Crippen LogP contribution in [0.25, 0.3) is 0 Å². The summed E-state index contributed by atoms with van der Waals surface area (Å²) in [4.78, 5) is 11.3. The van der Waals surface area contributed by atoms with Gasteiger partial charge in [0.1, 0.15) is 0 Å². The van der Waals surface area contributed by atoms with Crippen LogP contribution >= 0.6 is 0 Å². The molecule has 0 saturated carbocycles. The number of likely N-dealkylation sites (N-methyl/N-ethyl adjacent to an activating group) is 1. The second kappa shape index (κ2) is 3.69. The molecule has 0 bridgehead atoms. The van der Waals surface area contributed by atoms with E-state index in [1.807, 2.05) is 7.05 Å². The fraction of sp³-hybridized carbons (Fsp3) is 0.857. The topological polar surface area (TPSA) is 53.8 Å². The molecule has 1 aliphatic heterocycles. The van der Waals surface area contributed by atoms with Crippen LogP contribution in [0.15, 0.2) is 0 Å². The molecule has 1 unspecified atom stereocenters. The Morgan fingerprint density at radius 2 is 2.36 bits per heavy atom. The molecule has 11 heavy (non-hydrogen) atoms. The first-order valence-corrected chi connectivity index (χ1v) is 3.92. The standard InChI is InChI=1S/C7H14N2O2/c1-9(5-7(10)11)4-6-2-8-3-6/h6,8H,2-5H2,1H3,(H,10,11)/p+1. The summed E-state index contributed by atoms with van der Waals surface area (Å²) in [5.41, 5.74) is 0. The number of quaternary nitrogens is 1. The minimum atomic E-state index is -0.713. The van der Waals surface area contributed by atoms with Crippen molar-refractivity contribution < 1.29 is 14.8 Å². The van der Waals surface area contributed by atoms with Crippen LogP contribution in [-0.4, -0.2) is 44.3 Å². The SMILES string of the molecule is C[NH+](CC(=O)O)CC1CNC1. The van der Waals surface area contributed by atoms with Crippen molar-refractivity contribution in [3.05, 3.63) is 0 Å². The molecule has 4 heteroatoms. The first kappa shape index (κ1) is 8.49. The normalized spacial score (nSPS) is 20.8. The number of aliphatic carboxylic acids is 1. The largest absolute Gasteiger partial charge is 0.477 e. The van der Waals surface area contributed by atoms with E-state index < -0.39 is 5.97 Å². The molecule has 4 nitrogen and oxygen atoms in total. The lowest BCUT2D eigenvalue weighted by Crippen LogP contribution is -3.11. The van der Waals surface area contributed by atoms with Crippen LogP contribution in [0, 0.1) is 5.92 Å². The Hall–Kier alpha value is -0.610. The van der Waals surface area contributed by atoms with E-state index in [0.717, 1.165) is 24.5 Å². The van der Waals surface area contributed by atoms with E-state index in [1.54, 1.807) is 0 Å². The van der Waals surface area contributed by atoms with E-state index in [9.17, 15) is 4.79 Å². The fourth-order valence-corrected chi connectivity index (χ4v) is 1.32. The van der Waals surface area contributed by atoms with Crippen LogP contribution in [0.2, 0.25) is 0 Å². The van der Waals surface area contributed by atoms with Crippen LogP contribution in [0.3, 0.4) is 0 Å². The smallest absolute Gasteiger partial charge is 0.359 e. The van der Waals surface area contributed by atoms with E-state index in [-0.39, 0.29) is 6.54 Å². The molecule has 0 aromatic carbocycles. The minimum absolute atomic E-state index is 0.233. The van der Waals surface area contributed by atoms with Gasteiger partial charge in [-0.1, -0.05) is 0 Å². The van der Waals surface area contributed by atoms with Gasteiger partial charge in [0.2, 0.25) is 0 Å². The van der Waals surface area contributed by atoms with Gasteiger partial charge in [-0.25, -0.2) is 4.79 Å². The third-order valence-electron chi connectivity index (χ3n) is 1.96. The Morgan fingerprint density at radius 3 is 2.73 bits per heavy atom. The van der Waals surface area contributed by atoms with Crippen LogP contribution in [0.1, 0.15) is 0 Å². The number of rotatable bonds is 4. The Bertz CT molecular complexity index is 145. The monoisotopic (exact) mass is 159 g/mol. The van der Waals surface area contributed by atoms with Gasteiger partial charge in [0, 0.05) is 19.0 Å². The molecule has 0 aromatic rings. The molecule has 1 saturated heterocycles. The Balaban J connectivity index is 2.09. The van der Waals surface area contributed by atoms with Gasteiger partial charge in [-0.15, -0.1) is 0 Å². The van der Waals surface area contributed by atoms with Gasteiger partial charge in [-0.3, -0.25) is 0 Å². The number of carboxylic acids is 1. The van der Waals surface area contributed by atoms with E-state index in [0.29, 0.717) is 5.92 Å². The highest BCUT2D eigenvalue weighted by atomic mass is 16.4. The van der Waals surface area contributed by atoms with Crippen molar-refractivity contribution >= 4 is 5.97 Å². The van der Waals surface area contributed by atoms with Crippen molar-refractivity contribution in [2.45, 2.75) is 0 Å². The zero-order valence-corrected chi connectivity index (χ0v) is 6.76. The Kier molecular flexibility index (Phi) is 2.84. The van der Waals surface area contributed by atoms with Crippen molar-refractivity contribution in [3.8, 4) is 0 Å². The van der Waals surface area contributed by atoms with Gasteiger partial charge >= 0.3 is 5.97 Å². The van der Waals surface area contributed by atoms with Gasteiger partial charge in [0.25, 0.3) is 0 Å². The van der Waals surface area contributed by atoms with Gasteiger partial charge in [0.15, 0.2) is 6.54 Å². The van der Waals surface area contributed by atoms with Gasteiger partial charge in [-0.2, -0.15) is 0 Å². The Morgan fingerprint density at radius 1 is 1.73 bits per heavy atom. The summed E-state index contributed by atoms with van der Waals surface area (Å²) in [5, 5.41) is 11.6. The Labute approximate surface area is 66.2 Å². The van der Waals surface area contributed by atoms with Crippen molar-refractivity contribution in [2.24, 2.45) is 5.92 Å². The lowest BCUT2D eigenvalue weighted by atomic mass is 10.0. The molecular formula is C7H15N2O2+. The van der Waals surface area contributed by atoms with Gasteiger partial charge < -0.3 is 15.3 Å². The van der Waals surface area contributed by atoms with Crippen molar-refractivity contribution in [1.29, 1.82) is 0 Å². The summed E-state index contributed by atoms with van der Waals surface area (Å²) in [6, 6.07) is 0. The zero-order chi connectivity index (χ0) is 8.27. The molecule has 1 aliphatic rings. The van der Waals surface area contributed by atoms with Gasteiger partial charge in [0.05, 0.1) is 13.6 Å². The molecule has 0 aromatic heterocycles. The lowest BCUT2D eigenvalue weighted by Gasteiger charge is -2.28. The second-order valence-electron chi connectivity index (χ2n) is 3.26. The van der Waals surface area contributed by atoms with E-state index in [2.05, 4.69) is 5.32 Å². The molecule has 1 atom stereocenters. The highest BCUT2D eigenvalue weighted by molar-refractivity contribution is 5.67. The third-order valence-corrected chi connectivity index (χ3v) is 1.96. The zero-order valence-electron chi connectivity index (χ0n) is 6.76. The summed E-state index contributed by atoms with van der Waals surface area (Å²) in [6.45, 7) is 3.31. The number of hydrogen-bond donors (Lipinski definition) is 3. The molecule has 3 N–H and O–H groups in total. The van der Waals surface area contributed by atoms with Crippen LogP contribution in [0.4, 0.5) is 0 Å². The quantitative estimate of drug-likeness (QED) is 0.436. The maximum Gasteiger partial charge on any atom is 0.359 e. The predicted octanol–water partition coefficient (Wildman–Crippen LogP) is -2.19. The molecule has 0 aliphatic carbocycles. The molecule has 0 spiro atoms. The highest BCUT2D eigenvalue weighted by Gasteiger charge is 2.21. The van der Waals surface area contributed by atoms with Crippen molar-refractivity contribution in [1.82, 2.24) is 5.32 Å². The summed E-state index contributed by atoms with van der Waals surface area (Å²) in [7, 11) is 1.92. The van der Waals surface area contributed by atoms with Crippen LogP contribution in [0.5, 0.6) is 0 Å². The molecule has 1 rings (SSSR count). The van der Waals surface area contributed by atoms with Crippen molar-refractivity contribution in [2.75, 3.05) is 33.2 Å². The van der Waals surface area contributed by atoms with Crippen LogP contribution in [-0.2, 0) is 4.79 Å². The van der Waals surface area contributed by atoms with Crippen molar-refractivity contribution in [3.63, 3.8) is 0 Å². The molecule has 0 amide bonds.